The first-order valence-corrected chi connectivity index (χ1v) is 4.25. The molecule has 0 saturated carbocycles. The number of benzene rings is 1. The van der Waals surface area contributed by atoms with E-state index in [0.717, 1.165) is 5.56 Å². The van der Waals surface area contributed by atoms with E-state index in [-0.39, 0.29) is 28.3 Å². The summed E-state index contributed by atoms with van der Waals surface area (Å²) in [6.45, 7) is 6.30. The lowest BCUT2D eigenvalue weighted by molar-refractivity contribution is 0.0697. The van der Waals surface area contributed by atoms with E-state index >= 15 is 0 Å². The molecule has 1 aromatic rings. The number of aromatic carboxylic acids is 1. The van der Waals surface area contributed by atoms with Crippen molar-refractivity contribution < 1.29 is 15.4 Å². The monoisotopic (exact) mass is 226 g/mol. The van der Waals surface area contributed by atoms with E-state index in [4.69, 9.17) is 5.11 Å². The highest BCUT2D eigenvalue weighted by Crippen LogP contribution is 2.21. The fourth-order valence-electron chi connectivity index (χ4n) is 1.11. The number of carboxylic acids is 1. The molecule has 0 bridgehead atoms. The van der Waals surface area contributed by atoms with Gasteiger partial charge in [0.2, 0.25) is 0 Å². The van der Waals surface area contributed by atoms with Gasteiger partial charge in [-0.2, -0.15) is 0 Å². The Labute approximate surface area is 101 Å². The van der Waals surface area contributed by atoms with Crippen LogP contribution in [0.15, 0.2) is 24.3 Å². The first-order chi connectivity index (χ1) is 5.91. The maximum absolute atomic E-state index is 10.6. The molecule has 0 saturated heterocycles. The van der Waals surface area contributed by atoms with Crippen LogP contribution in [0, 0.1) is 0 Å². The summed E-state index contributed by atoms with van der Waals surface area (Å²) in [4.78, 5) is 10.6. The van der Waals surface area contributed by atoms with Gasteiger partial charge < -0.3 is 10.6 Å². The molecule has 0 aliphatic carbocycles. The zero-order valence-corrected chi connectivity index (χ0v) is 8.66. The van der Waals surface area contributed by atoms with E-state index in [2.05, 4.69) is 20.8 Å². The Morgan fingerprint density at radius 3 is 1.80 bits per heavy atom. The molecule has 15 heavy (non-hydrogen) atoms. The van der Waals surface area contributed by atoms with Crippen LogP contribution in [-0.4, -0.2) is 33.9 Å². The van der Waals surface area contributed by atoms with E-state index in [9.17, 15) is 4.79 Å². The fraction of sp³-hybridized carbons (Fsp3) is 0.364. The molecule has 0 aliphatic heterocycles. The minimum atomic E-state index is -0.875. The second-order valence-electron chi connectivity index (χ2n) is 4.13. The van der Waals surface area contributed by atoms with Gasteiger partial charge in [0.05, 0.1) is 5.56 Å². The van der Waals surface area contributed by atoms with E-state index < -0.39 is 5.97 Å². The maximum atomic E-state index is 10.6. The summed E-state index contributed by atoms with van der Waals surface area (Å²) in [5.74, 6) is -0.875. The molecule has 0 unspecified atom stereocenters. The summed E-state index contributed by atoms with van der Waals surface area (Å²) in [5.41, 5.74) is 1.57. The van der Waals surface area contributed by atoms with Crippen LogP contribution in [0.4, 0.5) is 0 Å². The number of hydrogen-bond acceptors (Lipinski definition) is 1. The van der Waals surface area contributed by atoms with Gasteiger partial charge >= 0.3 is 5.97 Å². The van der Waals surface area contributed by atoms with Gasteiger partial charge in [-0.25, -0.2) is 4.79 Å². The van der Waals surface area contributed by atoms with Gasteiger partial charge in [0.1, 0.15) is 0 Å². The first kappa shape index (κ1) is 16.6. The highest BCUT2D eigenvalue weighted by molar-refractivity contribution is 5.87. The predicted molar refractivity (Wildman–Crippen MR) is 65.7 cm³/mol. The average Bonchev–Trinajstić information content (AvgIpc) is 2.03. The Morgan fingerprint density at radius 1 is 1.13 bits per heavy atom. The minimum absolute atomic E-state index is 0. The van der Waals surface area contributed by atoms with Crippen LogP contribution in [0.1, 0.15) is 36.7 Å². The SMILES string of the molecule is CC(C)(C)c1ccc(C(=O)O)cc1.O.[AlH3]. The summed E-state index contributed by atoms with van der Waals surface area (Å²) in [5, 5.41) is 8.68. The quantitative estimate of drug-likeness (QED) is 0.715. The van der Waals surface area contributed by atoms with Gasteiger partial charge in [-0.05, 0) is 23.1 Å². The third-order valence-electron chi connectivity index (χ3n) is 2.00. The molecule has 84 valence electrons. The zero-order chi connectivity index (χ0) is 10.1. The molecule has 0 heterocycles. The van der Waals surface area contributed by atoms with Crippen LogP contribution in [0.2, 0.25) is 0 Å². The number of carbonyl (C=O) groups is 1. The Hall–Kier alpha value is -0.818. The number of rotatable bonds is 1. The van der Waals surface area contributed by atoms with Crippen LogP contribution >= 0.6 is 0 Å². The normalized spacial score (nSPS) is 9.80. The second kappa shape index (κ2) is 5.92. The van der Waals surface area contributed by atoms with E-state index in [1.165, 1.54) is 0 Å². The Bertz CT molecular complexity index is 312. The van der Waals surface area contributed by atoms with Crippen molar-refractivity contribution in [2.24, 2.45) is 0 Å². The van der Waals surface area contributed by atoms with Gasteiger partial charge in [-0.3, -0.25) is 0 Å². The summed E-state index contributed by atoms with van der Waals surface area (Å²) in [6.07, 6.45) is 0. The van der Waals surface area contributed by atoms with Crippen LogP contribution in [0.3, 0.4) is 0 Å². The van der Waals surface area contributed by atoms with Crippen LogP contribution in [0.25, 0.3) is 0 Å². The zero-order valence-electron chi connectivity index (χ0n) is 8.66. The molecular weight excluding hydrogens is 207 g/mol. The Balaban J connectivity index is 0. The second-order valence-corrected chi connectivity index (χ2v) is 4.13. The van der Waals surface area contributed by atoms with Crippen molar-refractivity contribution >= 4 is 23.3 Å². The molecule has 3 N–H and O–H groups in total. The molecule has 0 radical (unpaired) electrons. The minimum Gasteiger partial charge on any atom is -0.478 e. The van der Waals surface area contributed by atoms with Gasteiger partial charge in [0, 0.05) is 0 Å². The summed E-state index contributed by atoms with van der Waals surface area (Å²) in [7, 11) is 0. The van der Waals surface area contributed by atoms with E-state index in [0.29, 0.717) is 5.56 Å². The lowest BCUT2D eigenvalue weighted by Gasteiger charge is -2.18. The van der Waals surface area contributed by atoms with Crippen molar-refractivity contribution in [2.75, 3.05) is 0 Å². The van der Waals surface area contributed by atoms with Crippen molar-refractivity contribution in [2.45, 2.75) is 26.2 Å². The molecule has 0 aromatic heterocycles. The first-order valence-electron chi connectivity index (χ1n) is 4.25. The van der Waals surface area contributed by atoms with Gasteiger partial charge in [-0.15, -0.1) is 0 Å². The third-order valence-corrected chi connectivity index (χ3v) is 2.00. The predicted octanol–water partition coefficient (Wildman–Crippen LogP) is 0.674. The van der Waals surface area contributed by atoms with Crippen molar-refractivity contribution in [3.8, 4) is 0 Å². The van der Waals surface area contributed by atoms with Gasteiger partial charge in [0.25, 0.3) is 0 Å². The lowest BCUT2D eigenvalue weighted by atomic mass is 9.87. The van der Waals surface area contributed by atoms with Crippen molar-refractivity contribution in [3.05, 3.63) is 35.4 Å². The lowest BCUT2D eigenvalue weighted by Crippen LogP contribution is -2.11. The van der Waals surface area contributed by atoms with Crippen LogP contribution in [-0.2, 0) is 5.41 Å². The summed E-state index contributed by atoms with van der Waals surface area (Å²) in [6, 6.07) is 7.01. The van der Waals surface area contributed by atoms with Gasteiger partial charge in [-0.1, -0.05) is 32.9 Å². The molecule has 0 spiro atoms. The summed E-state index contributed by atoms with van der Waals surface area (Å²) >= 11 is 0. The molecular formula is C11H19AlO3. The molecule has 0 atom stereocenters. The Kier molecular flexibility index (Phi) is 6.55. The molecule has 0 fully saturated rings. The molecule has 1 aromatic carbocycles. The number of hydrogen-bond donors (Lipinski definition) is 1. The molecule has 3 nitrogen and oxygen atoms in total. The van der Waals surface area contributed by atoms with Crippen LogP contribution in [0.5, 0.6) is 0 Å². The van der Waals surface area contributed by atoms with Crippen molar-refractivity contribution in [3.63, 3.8) is 0 Å². The molecule has 0 aliphatic rings. The van der Waals surface area contributed by atoms with E-state index in [1.54, 1.807) is 12.1 Å². The average molecular weight is 226 g/mol. The molecule has 1 rings (SSSR count). The number of carboxylic acid groups (broad SMARTS) is 1. The van der Waals surface area contributed by atoms with Crippen LogP contribution < -0.4 is 0 Å². The molecule has 0 amide bonds. The smallest absolute Gasteiger partial charge is 0.335 e. The van der Waals surface area contributed by atoms with Crippen molar-refractivity contribution in [1.29, 1.82) is 0 Å². The fourth-order valence-corrected chi connectivity index (χ4v) is 1.11. The highest BCUT2D eigenvalue weighted by atomic mass is 27.0. The largest absolute Gasteiger partial charge is 0.478 e. The van der Waals surface area contributed by atoms with Gasteiger partial charge in [0.15, 0.2) is 17.4 Å². The maximum Gasteiger partial charge on any atom is 0.335 e. The standard InChI is InChI=1S/C11H14O2.Al.H2O.3H/c1-11(2,3)9-6-4-8(5-7-9)10(12)13;;;;;/h4-7H,1-3H3,(H,12,13);;1H2;;;. The molecule has 4 heteroatoms. The third kappa shape index (κ3) is 4.48. The van der Waals surface area contributed by atoms with E-state index in [1.807, 2.05) is 12.1 Å². The highest BCUT2D eigenvalue weighted by Gasteiger charge is 2.13. The summed E-state index contributed by atoms with van der Waals surface area (Å²) < 4.78 is 0. The topological polar surface area (TPSA) is 68.8 Å². The van der Waals surface area contributed by atoms with Crippen molar-refractivity contribution in [1.82, 2.24) is 0 Å². The Morgan fingerprint density at radius 2 is 1.53 bits per heavy atom.